The molecular formula is C22H30N4O4S. The summed E-state index contributed by atoms with van der Waals surface area (Å²) in [6, 6.07) is 7.11. The van der Waals surface area contributed by atoms with Gasteiger partial charge in [-0.3, -0.25) is 4.79 Å². The van der Waals surface area contributed by atoms with Crippen LogP contribution in [0.1, 0.15) is 47.6 Å². The van der Waals surface area contributed by atoms with Crippen molar-refractivity contribution in [1.82, 2.24) is 15.2 Å². The first kappa shape index (κ1) is 23.0. The molecule has 1 saturated carbocycles. The summed E-state index contributed by atoms with van der Waals surface area (Å²) < 4.78 is 10.3. The molecule has 0 atom stereocenters. The molecule has 2 N–H and O–H groups in total. The van der Waals surface area contributed by atoms with Gasteiger partial charge in [0.05, 0.1) is 20.3 Å². The van der Waals surface area contributed by atoms with Crippen molar-refractivity contribution in [1.29, 1.82) is 0 Å². The number of nitrogens with zero attached hydrogens (tertiary/aromatic N) is 2. The Kier molecular flexibility index (Phi) is 8.66. The largest absolute Gasteiger partial charge is 0.497 e. The summed E-state index contributed by atoms with van der Waals surface area (Å²) in [7, 11) is 3.19. The zero-order chi connectivity index (χ0) is 22.1. The number of thiazole rings is 1. The van der Waals surface area contributed by atoms with Crippen LogP contribution in [0.15, 0.2) is 29.6 Å². The molecule has 1 aromatic carbocycles. The lowest BCUT2D eigenvalue weighted by atomic mass is 9.95. The van der Waals surface area contributed by atoms with Crippen molar-refractivity contribution < 1.29 is 19.1 Å². The van der Waals surface area contributed by atoms with Crippen LogP contribution in [-0.4, -0.2) is 55.2 Å². The number of rotatable bonds is 9. The van der Waals surface area contributed by atoms with Crippen LogP contribution in [0, 0.1) is 0 Å². The van der Waals surface area contributed by atoms with Gasteiger partial charge in [0, 0.05) is 30.8 Å². The monoisotopic (exact) mass is 446 g/mol. The summed E-state index contributed by atoms with van der Waals surface area (Å²) >= 11 is 1.38. The van der Waals surface area contributed by atoms with Crippen molar-refractivity contribution in [3.8, 4) is 5.75 Å². The summed E-state index contributed by atoms with van der Waals surface area (Å²) in [6.07, 6.45) is 5.61. The molecule has 9 heteroatoms. The van der Waals surface area contributed by atoms with Crippen LogP contribution in [0.3, 0.4) is 0 Å². The van der Waals surface area contributed by atoms with E-state index in [1.165, 1.54) is 17.8 Å². The average Bonchev–Trinajstić information content (AvgIpc) is 3.26. The highest BCUT2D eigenvalue weighted by Crippen LogP contribution is 2.19. The topological polar surface area (TPSA) is 92.8 Å². The Morgan fingerprint density at radius 2 is 1.90 bits per heavy atom. The minimum atomic E-state index is -0.259. The van der Waals surface area contributed by atoms with E-state index in [-0.39, 0.29) is 18.0 Å². The summed E-state index contributed by atoms with van der Waals surface area (Å²) in [5, 5.41) is 8.42. The Morgan fingerprint density at radius 3 is 2.58 bits per heavy atom. The minimum absolute atomic E-state index is 0.138. The molecule has 0 bridgehead atoms. The van der Waals surface area contributed by atoms with E-state index in [4.69, 9.17) is 9.47 Å². The molecule has 1 aromatic heterocycles. The lowest BCUT2D eigenvalue weighted by molar-refractivity contribution is 0.0923. The van der Waals surface area contributed by atoms with Crippen molar-refractivity contribution >= 4 is 29.0 Å². The molecule has 2 aromatic rings. The van der Waals surface area contributed by atoms with Gasteiger partial charge >= 0.3 is 6.03 Å². The van der Waals surface area contributed by atoms with Crippen molar-refractivity contribution in [2.45, 2.75) is 44.7 Å². The molecule has 8 nitrogen and oxygen atoms in total. The van der Waals surface area contributed by atoms with E-state index in [1.807, 2.05) is 0 Å². The van der Waals surface area contributed by atoms with E-state index < -0.39 is 0 Å². The highest BCUT2D eigenvalue weighted by atomic mass is 32.1. The fourth-order valence-corrected chi connectivity index (χ4v) is 4.28. The molecule has 0 spiro atoms. The summed E-state index contributed by atoms with van der Waals surface area (Å²) in [6.45, 7) is 1.10. The summed E-state index contributed by atoms with van der Waals surface area (Å²) in [5.74, 6) is 0.580. The lowest BCUT2D eigenvalue weighted by Crippen LogP contribution is -2.37. The van der Waals surface area contributed by atoms with Crippen LogP contribution >= 0.6 is 11.3 Å². The van der Waals surface area contributed by atoms with Crippen LogP contribution in [0.4, 0.5) is 10.5 Å². The third-order valence-electron chi connectivity index (χ3n) is 5.24. The first-order valence-corrected chi connectivity index (χ1v) is 11.4. The zero-order valence-corrected chi connectivity index (χ0v) is 18.9. The number of aromatic nitrogens is 1. The van der Waals surface area contributed by atoms with Gasteiger partial charge in [-0.25, -0.2) is 9.78 Å². The summed E-state index contributed by atoms with van der Waals surface area (Å²) in [5.41, 5.74) is 1.08. The van der Waals surface area contributed by atoms with Crippen LogP contribution in [0.25, 0.3) is 0 Å². The van der Waals surface area contributed by atoms with Gasteiger partial charge in [-0.05, 0) is 37.1 Å². The summed E-state index contributed by atoms with van der Waals surface area (Å²) in [4.78, 5) is 31.4. The Morgan fingerprint density at radius 1 is 1.16 bits per heavy atom. The van der Waals surface area contributed by atoms with Crippen LogP contribution in [-0.2, 0) is 11.3 Å². The van der Waals surface area contributed by atoms with E-state index >= 15 is 0 Å². The van der Waals surface area contributed by atoms with Crippen LogP contribution < -0.4 is 15.4 Å². The van der Waals surface area contributed by atoms with E-state index in [1.54, 1.807) is 48.8 Å². The predicted octanol–water partition coefficient (Wildman–Crippen LogP) is 3.89. The van der Waals surface area contributed by atoms with Crippen molar-refractivity contribution in [3.05, 3.63) is 40.3 Å². The molecule has 3 amide bonds. The number of hydrogen-bond donors (Lipinski definition) is 2. The second kappa shape index (κ2) is 11.7. The molecular weight excluding hydrogens is 416 g/mol. The maximum absolute atomic E-state index is 12.8. The van der Waals surface area contributed by atoms with Crippen molar-refractivity contribution in [2.75, 3.05) is 32.7 Å². The predicted molar refractivity (Wildman–Crippen MR) is 121 cm³/mol. The molecule has 0 saturated heterocycles. The van der Waals surface area contributed by atoms with Crippen LogP contribution in [0.5, 0.6) is 5.75 Å². The minimum Gasteiger partial charge on any atom is -0.497 e. The Bertz CT molecular complexity index is 849. The number of carbonyl (C=O) groups excluding carboxylic acids is 2. The van der Waals surface area contributed by atoms with Crippen molar-refractivity contribution in [3.63, 3.8) is 0 Å². The molecule has 1 aliphatic rings. The molecule has 31 heavy (non-hydrogen) atoms. The standard InChI is InChI=1S/C22H30N4O4S/c1-29-13-12-26(22(28)24-17-8-10-18(30-2)11-9-17)14-20-25-19(15-31-20)21(27)23-16-6-4-3-5-7-16/h8-11,15-16H,3-7,12-14H2,1-2H3,(H,23,27)(H,24,28). The number of hydrogen-bond acceptors (Lipinski definition) is 6. The molecule has 0 unspecified atom stereocenters. The van der Waals surface area contributed by atoms with Gasteiger partial charge in [0.25, 0.3) is 5.91 Å². The molecule has 0 aliphatic heterocycles. The highest BCUT2D eigenvalue weighted by Gasteiger charge is 2.20. The smallest absolute Gasteiger partial charge is 0.322 e. The molecule has 168 valence electrons. The van der Waals surface area contributed by atoms with Gasteiger partial charge in [-0.2, -0.15) is 0 Å². The molecule has 3 rings (SSSR count). The maximum atomic E-state index is 12.8. The molecule has 0 radical (unpaired) electrons. The van der Waals surface area contributed by atoms with E-state index in [9.17, 15) is 9.59 Å². The van der Waals surface area contributed by atoms with Crippen LogP contribution in [0.2, 0.25) is 0 Å². The van der Waals surface area contributed by atoms with Gasteiger partial charge in [0.15, 0.2) is 0 Å². The third kappa shape index (κ3) is 6.93. The van der Waals surface area contributed by atoms with Gasteiger partial charge < -0.3 is 25.0 Å². The number of anilines is 1. The Labute approximate surface area is 186 Å². The highest BCUT2D eigenvalue weighted by molar-refractivity contribution is 7.09. The van der Waals surface area contributed by atoms with Gasteiger partial charge in [0.2, 0.25) is 0 Å². The first-order chi connectivity index (χ1) is 15.1. The number of methoxy groups -OCH3 is 2. The van der Waals surface area contributed by atoms with Gasteiger partial charge in [0.1, 0.15) is 16.5 Å². The second-order valence-corrected chi connectivity index (χ2v) is 8.45. The fraction of sp³-hybridized carbons (Fsp3) is 0.500. The molecule has 1 fully saturated rings. The van der Waals surface area contributed by atoms with E-state index in [0.29, 0.717) is 36.1 Å². The molecule has 1 aliphatic carbocycles. The maximum Gasteiger partial charge on any atom is 0.322 e. The quantitative estimate of drug-likeness (QED) is 0.610. The normalized spacial score (nSPS) is 14.1. The number of benzene rings is 1. The van der Waals surface area contributed by atoms with Crippen molar-refractivity contribution in [2.24, 2.45) is 0 Å². The number of amides is 3. The lowest BCUT2D eigenvalue weighted by Gasteiger charge is -2.22. The fourth-order valence-electron chi connectivity index (χ4n) is 3.49. The first-order valence-electron chi connectivity index (χ1n) is 10.5. The number of urea groups is 1. The zero-order valence-electron chi connectivity index (χ0n) is 18.1. The van der Waals surface area contributed by atoms with Gasteiger partial charge in [-0.15, -0.1) is 11.3 Å². The Balaban J connectivity index is 1.60. The third-order valence-corrected chi connectivity index (χ3v) is 6.08. The number of ether oxygens (including phenoxy) is 2. The molecule has 1 heterocycles. The van der Waals surface area contributed by atoms with E-state index in [2.05, 4.69) is 15.6 Å². The SMILES string of the molecule is COCCN(Cc1nc(C(=O)NC2CCCCC2)cs1)C(=O)Nc1ccc(OC)cc1. The number of nitrogens with one attached hydrogen (secondary N) is 2. The number of carbonyl (C=O) groups is 2. The average molecular weight is 447 g/mol. The van der Waals surface area contributed by atoms with E-state index in [0.717, 1.165) is 31.4 Å². The Hall–Kier alpha value is -2.65. The van der Waals surface area contributed by atoms with Gasteiger partial charge in [-0.1, -0.05) is 19.3 Å². The second-order valence-electron chi connectivity index (χ2n) is 7.51.